The Kier molecular flexibility index (Phi) is 4.26. The molecule has 0 radical (unpaired) electrons. The van der Waals surface area contributed by atoms with Gasteiger partial charge in [-0.05, 0) is 6.07 Å². The molecule has 0 atom stereocenters. The minimum Gasteiger partial charge on any atom is -0.350 e. The van der Waals surface area contributed by atoms with Crippen LogP contribution in [0.3, 0.4) is 0 Å². The second kappa shape index (κ2) is 6.11. The maximum Gasteiger partial charge on any atom is 0.288 e. The molecule has 0 aliphatic rings. The molecule has 0 bridgehead atoms. The first kappa shape index (κ1) is 13.9. The van der Waals surface area contributed by atoms with Gasteiger partial charge < -0.3 is 5.32 Å². The molecule has 1 aromatic heterocycles. The van der Waals surface area contributed by atoms with Crippen LogP contribution in [0.25, 0.3) is 0 Å². The highest BCUT2D eigenvalue weighted by Gasteiger charge is 2.19. The smallest absolute Gasteiger partial charge is 0.288 e. The van der Waals surface area contributed by atoms with Crippen LogP contribution in [0.4, 0.5) is 5.69 Å². The average Bonchev–Trinajstić information content (AvgIpc) is 2.91. The summed E-state index contributed by atoms with van der Waals surface area (Å²) in [6.45, 7) is 0.750. The highest BCUT2D eigenvalue weighted by molar-refractivity contribution is 6.35. The summed E-state index contributed by atoms with van der Waals surface area (Å²) in [7, 11) is 0. The standard InChI is InChI=1S/C11H10ClN5O3/c12-10-8(2-1-3-9(10)17(19)20)11(18)13-4-6-16-7-5-14-15-16/h1-3,5,7H,4,6H2,(H,13,18). The fraction of sp³-hybridized carbons (Fsp3) is 0.182. The molecule has 1 heterocycles. The zero-order valence-corrected chi connectivity index (χ0v) is 10.9. The van der Waals surface area contributed by atoms with Gasteiger partial charge in [0.1, 0.15) is 5.02 Å². The molecule has 104 valence electrons. The van der Waals surface area contributed by atoms with E-state index in [-0.39, 0.29) is 16.3 Å². The van der Waals surface area contributed by atoms with Gasteiger partial charge >= 0.3 is 0 Å². The first-order valence-corrected chi connectivity index (χ1v) is 6.02. The van der Waals surface area contributed by atoms with Crippen molar-refractivity contribution in [3.8, 4) is 0 Å². The van der Waals surface area contributed by atoms with Crippen LogP contribution in [-0.4, -0.2) is 32.4 Å². The molecule has 1 N–H and O–H groups in total. The highest BCUT2D eigenvalue weighted by atomic mass is 35.5. The Morgan fingerprint density at radius 2 is 2.30 bits per heavy atom. The number of hydrogen-bond donors (Lipinski definition) is 1. The number of amides is 1. The van der Waals surface area contributed by atoms with Crippen LogP contribution < -0.4 is 5.32 Å². The zero-order chi connectivity index (χ0) is 14.5. The van der Waals surface area contributed by atoms with Gasteiger partial charge in [-0.2, -0.15) is 0 Å². The fourth-order valence-corrected chi connectivity index (χ4v) is 1.85. The number of nitrogens with one attached hydrogen (secondary N) is 1. The average molecular weight is 296 g/mol. The molecule has 0 unspecified atom stereocenters. The second-order valence-corrected chi connectivity index (χ2v) is 4.20. The van der Waals surface area contributed by atoms with Gasteiger partial charge in [0.05, 0.1) is 23.2 Å². The van der Waals surface area contributed by atoms with Crippen LogP contribution in [0.15, 0.2) is 30.6 Å². The summed E-state index contributed by atoms with van der Waals surface area (Å²) in [6.07, 6.45) is 3.19. The van der Waals surface area contributed by atoms with Gasteiger partial charge in [-0.25, -0.2) is 0 Å². The fourth-order valence-electron chi connectivity index (χ4n) is 1.57. The lowest BCUT2D eigenvalue weighted by Crippen LogP contribution is -2.27. The van der Waals surface area contributed by atoms with Gasteiger partial charge in [-0.15, -0.1) is 5.10 Å². The molecule has 8 nitrogen and oxygen atoms in total. The van der Waals surface area contributed by atoms with Gasteiger partial charge in [-0.3, -0.25) is 19.6 Å². The molecular formula is C11H10ClN5O3. The Morgan fingerprint density at radius 1 is 1.50 bits per heavy atom. The molecule has 0 spiro atoms. The van der Waals surface area contributed by atoms with E-state index in [0.29, 0.717) is 13.1 Å². The minimum atomic E-state index is -0.630. The van der Waals surface area contributed by atoms with Crippen molar-refractivity contribution in [2.24, 2.45) is 0 Å². The molecule has 0 saturated carbocycles. The maximum absolute atomic E-state index is 11.9. The van der Waals surface area contributed by atoms with E-state index >= 15 is 0 Å². The third kappa shape index (κ3) is 3.09. The van der Waals surface area contributed by atoms with Crippen molar-refractivity contribution < 1.29 is 9.72 Å². The predicted octanol–water partition coefficient (Wildman–Crippen LogP) is 1.27. The van der Waals surface area contributed by atoms with Crippen LogP contribution in [0.1, 0.15) is 10.4 Å². The SMILES string of the molecule is O=C(NCCn1ccnn1)c1cccc([N+](=O)[O-])c1Cl. The highest BCUT2D eigenvalue weighted by Crippen LogP contribution is 2.27. The first-order valence-electron chi connectivity index (χ1n) is 5.65. The van der Waals surface area contributed by atoms with Gasteiger partial charge in [0, 0.05) is 18.8 Å². The van der Waals surface area contributed by atoms with Crippen molar-refractivity contribution >= 4 is 23.2 Å². The molecule has 2 rings (SSSR count). The Balaban J connectivity index is 2.02. The van der Waals surface area contributed by atoms with E-state index in [1.807, 2.05) is 0 Å². The first-order chi connectivity index (χ1) is 9.59. The summed E-state index contributed by atoms with van der Waals surface area (Å²) < 4.78 is 1.55. The largest absolute Gasteiger partial charge is 0.350 e. The number of halogens is 1. The summed E-state index contributed by atoms with van der Waals surface area (Å²) >= 11 is 5.85. The number of benzene rings is 1. The number of carbonyl (C=O) groups is 1. The summed E-state index contributed by atoms with van der Waals surface area (Å²) in [4.78, 5) is 22.0. The molecule has 1 amide bonds. The molecule has 0 aliphatic heterocycles. The molecule has 0 saturated heterocycles. The topological polar surface area (TPSA) is 103 Å². The summed E-state index contributed by atoms with van der Waals surface area (Å²) in [6, 6.07) is 4.09. The van der Waals surface area contributed by atoms with Crippen LogP contribution in [0.5, 0.6) is 0 Å². The van der Waals surface area contributed by atoms with E-state index < -0.39 is 10.8 Å². The maximum atomic E-state index is 11.9. The molecule has 2 aromatic rings. The van der Waals surface area contributed by atoms with E-state index in [0.717, 1.165) is 0 Å². The van der Waals surface area contributed by atoms with E-state index in [1.54, 1.807) is 10.9 Å². The third-order valence-electron chi connectivity index (χ3n) is 2.52. The molecule has 1 aromatic carbocycles. The Labute approximate surface area is 118 Å². The summed E-state index contributed by atoms with van der Waals surface area (Å²) in [5, 5.41) is 20.5. The monoisotopic (exact) mass is 295 g/mol. The number of aromatic nitrogens is 3. The van der Waals surface area contributed by atoms with Gasteiger partial charge in [0.25, 0.3) is 11.6 Å². The van der Waals surface area contributed by atoms with E-state index in [1.165, 1.54) is 24.4 Å². The van der Waals surface area contributed by atoms with E-state index in [9.17, 15) is 14.9 Å². The Hall–Kier alpha value is -2.48. The van der Waals surface area contributed by atoms with Gasteiger partial charge in [0.15, 0.2) is 0 Å². The van der Waals surface area contributed by atoms with Crippen molar-refractivity contribution in [3.63, 3.8) is 0 Å². The van der Waals surface area contributed by atoms with Crippen molar-refractivity contribution in [2.45, 2.75) is 6.54 Å². The number of rotatable bonds is 5. The van der Waals surface area contributed by atoms with Gasteiger partial charge in [-0.1, -0.05) is 22.9 Å². The Bertz CT molecular complexity index is 629. The lowest BCUT2D eigenvalue weighted by molar-refractivity contribution is -0.384. The number of nitrogens with zero attached hydrogens (tertiary/aromatic N) is 4. The quantitative estimate of drug-likeness (QED) is 0.661. The van der Waals surface area contributed by atoms with E-state index in [4.69, 9.17) is 11.6 Å². The van der Waals surface area contributed by atoms with Gasteiger partial charge in [0.2, 0.25) is 0 Å². The van der Waals surface area contributed by atoms with E-state index in [2.05, 4.69) is 15.6 Å². The summed E-state index contributed by atoms with van der Waals surface area (Å²) in [5.41, 5.74) is -0.227. The number of nitro groups is 1. The number of nitro benzene ring substituents is 1. The summed E-state index contributed by atoms with van der Waals surface area (Å²) in [5.74, 6) is -0.473. The van der Waals surface area contributed by atoms with Crippen LogP contribution >= 0.6 is 11.6 Å². The molecule has 0 fully saturated rings. The molecular weight excluding hydrogens is 286 g/mol. The van der Waals surface area contributed by atoms with Crippen molar-refractivity contribution in [1.29, 1.82) is 0 Å². The predicted molar refractivity (Wildman–Crippen MR) is 70.5 cm³/mol. The molecule has 0 aliphatic carbocycles. The third-order valence-corrected chi connectivity index (χ3v) is 2.92. The lowest BCUT2D eigenvalue weighted by atomic mass is 10.2. The Morgan fingerprint density at radius 3 is 2.95 bits per heavy atom. The van der Waals surface area contributed by atoms with Crippen LogP contribution in [0.2, 0.25) is 5.02 Å². The number of hydrogen-bond acceptors (Lipinski definition) is 5. The number of carbonyl (C=O) groups excluding carboxylic acids is 1. The lowest BCUT2D eigenvalue weighted by Gasteiger charge is -2.06. The van der Waals surface area contributed by atoms with Crippen LogP contribution in [-0.2, 0) is 6.54 Å². The molecule has 9 heteroatoms. The second-order valence-electron chi connectivity index (χ2n) is 3.82. The normalized spacial score (nSPS) is 10.2. The minimum absolute atomic E-state index is 0.0689. The zero-order valence-electron chi connectivity index (χ0n) is 10.2. The van der Waals surface area contributed by atoms with Crippen LogP contribution in [0, 0.1) is 10.1 Å². The van der Waals surface area contributed by atoms with Crippen molar-refractivity contribution in [1.82, 2.24) is 20.3 Å². The van der Waals surface area contributed by atoms with Crippen molar-refractivity contribution in [3.05, 3.63) is 51.3 Å². The van der Waals surface area contributed by atoms with Crippen molar-refractivity contribution in [2.75, 3.05) is 6.54 Å². The molecule has 20 heavy (non-hydrogen) atoms.